The third-order valence-corrected chi connectivity index (χ3v) is 17.1. The lowest BCUT2D eigenvalue weighted by molar-refractivity contribution is 0.590. The van der Waals surface area contributed by atoms with Crippen molar-refractivity contribution in [2.75, 3.05) is 4.90 Å². The Morgan fingerprint density at radius 3 is 1.51 bits per heavy atom. The third kappa shape index (κ3) is 4.56. The maximum atomic E-state index is 2.79. The number of rotatable bonds is 1. The summed E-state index contributed by atoms with van der Waals surface area (Å²) in [5.74, 6) is 0. The van der Waals surface area contributed by atoms with Crippen molar-refractivity contribution in [3.63, 3.8) is 0 Å². The molecule has 4 nitrogen and oxygen atoms in total. The van der Waals surface area contributed by atoms with E-state index in [9.17, 15) is 0 Å². The molecular weight excluding hydrogens is 860 g/mol. The number of para-hydroxylation sites is 4. The molecule has 71 heavy (non-hydrogen) atoms. The topological polar surface area (TPSA) is 17.0 Å². The SMILES string of the molecule is CC(C)(C)c1ccc2c(c1)c1cc(C(C)(C)C)cc3c1n2B1c2c(cc4ccccc4c2-3)N(c2cc3c4ccccc4n4c5ccccc5c(c2)c34)c2cc3c4ccccc4n4c5ccccc5c(c21)c34. The first-order valence-corrected chi connectivity index (χ1v) is 25.4. The quantitative estimate of drug-likeness (QED) is 0.150. The largest absolute Gasteiger partial charge is 0.375 e. The molecule has 5 heteroatoms. The molecule has 0 bridgehead atoms. The molecule has 0 N–H and O–H groups in total. The van der Waals surface area contributed by atoms with Gasteiger partial charge in [0, 0.05) is 87.5 Å². The van der Waals surface area contributed by atoms with Crippen LogP contribution in [0, 0.1) is 0 Å². The number of nitrogens with zero attached hydrogens (tertiary/aromatic N) is 4. The van der Waals surface area contributed by atoms with Gasteiger partial charge in [-0.3, -0.25) is 0 Å². The van der Waals surface area contributed by atoms with Crippen LogP contribution in [-0.2, 0) is 10.8 Å². The molecular formula is C66H47BN4. The highest BCUT2D eigenvalue weighted by Gasteiger charge is 2.46. The second-order valence-electron chi connectivity index (χ2n) is 22.9. The summed E-state index contributed by atoms with van der Waals surface area (Å²) in [7, 11) is 0. The summed E-state index contributed by atoms with van der Waals surface area (Å²) < 4.78 is 7.86. The second-order valence-corrected chi connectivity index (χ2v) is 22.9. The molecule has 2 aliphatic heterocycles. The highest BCUT2D eigenvalue weighted by molar-refractivity contribution is 6.92. The molecule has 10 aromatic carbocycles. The Bertz CT molecular complexity index is 4830. The van der Waals surface area contributed by atoms with Crippen LogP contribution in [0.3, 0.4) is 0 Å². The van der Waals surface area contributed by atoms with Crippen LogP contribution in [0.15, 0.2) is 176 Å². The summed E-state index contributed by atoms with van der Waals surface area (Å²) in [6.45, 7) is 14.0. The van der Waals surface area contributed by atoms with Gasteiger partial charge in [0.15, 0.2) is 0 Å². The van der Waals surface area contributed by atoms with E-state index < -0.39 is 0 Å². The molecule has 0 radical (unpaired) electrons. The monoisotopic (exact) mass is 906 g/mol. The zero-order valence-corrected chi connectivity index (χ0v) is 40.6. The van der Waals surface area contributed by atoms with Crippen molar-refractivity contribution in [1.82, 2.24) is 13.3 Å². The number of aromatic nitrogens is 3. The molecule has 0 saturated carbocycles. The molecule has 0 fully saturated rings. The molecule has 0 aliphatic carbocycles. The first-order valence-electron chi connectivity index (χ1n) is 25.4. The fourth-order valence-corrected chi connectivity index (χ4v) is 14.0. The third-order valence-electron chi connectivity index (χ3n) is 17.1. The van der Waals surface area contributed by atoms with Crippen molar-refractivity contribution < 1.29 is 0 Å². The zero-order valence-electron chi connectivity index (χ0n) is 40.6. The van der Waals surface area contributed by atoms with E-state index >= 15 is 0 Å². The van der Waals surface area contributed by atoms with Gasteiger partial charge < -0.3 is 18.2 Å². The van der Waals surface area contributed by atoms with Crippen LogP contribution in [0.25, 0.3) is 120 Å². The average Bonchev–Trinajstić information content (AvgIpc) is 4.18. The summed E-state index contributed by atoms with van der Waals surface area (Å²) in [5, 5.41) is 15.6. The van der Waals surface area contributed by atoms with Crippen LogP contribution >= 0.6 is 0 Å². The van der Waals surface area contributed by atoms with Gasteiger partial charge in [0.25, 0.3) is 0 Å². The van der Waals surface area contributed by atoms with Gasteiger partial charge in [0.05, 0.1) is 33.1 Å². The summed E-state index contributed by atoms with van der Waals surface area (Å²) in [5.41, 5.74) is 21.9. The predicted molar refractivity (Wildman–Crippen MR) is 304 cm³/mol. The van der Waals surface area contributed by atoms with Gasteiger partial charge >= 0.3 is 6.85 Å². The van der Waals surface area contributed by atoms with Crippen molar-refractivity contribution in [3.05, 3.63) is 187 Å². The highest BCUT2D eigenvalue weighted by Crippen LogP contribution is 2.53. The van der Waals surface area contributed by atoms with E-state index in [1.54, 1.807) is 0 Å². The van der Waals surface area contributed by atoms with E-state index in [0.29, 0.717) is 0 Å². The van der Waals surface area contributed by atoms with Gasteiger partial charge in [0.2, 0.25) is 0 Å². The first kappa shape index (κ1) is 38.6. The number of hydrogen-bond donors (Lipinski definition) is 0. The van der Waals surface area contributed by atoms with Gasteiger partial charge in [-0.05, 0) is 122 Å². The van der Waals surface area contributed by atoms with E-state index in [0.717, 1.165) is 0 Å². The van der Waals surface area contributed by atoms with Crippen molar-refractivity contribution in [2.45, 2.75) is 52.4 Å². The molecule has 7 heterocycles. The van der Waals surface area contributed by atoms with Gasteiger partial charge in [-0.1, -0.05) is 145 Å². The normalized spacial score (nSPS) is 14.0. The Morgan fingerprint density at radius 1 is 0.366 bits per heavy atom. The molecule has 334 valence electrons. The number of benzene rings is 10. The Hall–Kier alpha value is -8.28. The lowest BCUT2D eigenvalue weighted by Crippen LogP contribution is -2.57. The van der Waals surface area contributed by atoms with Crippen molar-refractivity contribution in [2.24, 2.45) is 0 Å². The lowest BCUT2D eigenvalue weighted by atomic mass is 9.44. The molecule has 5 aromatic heterocycles. The van der Waals surface area contributed by atoms with Gasteiger partial charge in [-0.15, -0.1) is 0 Å². The number of hydrogen-bond acceptors (Lipinski definition) is 1. The minimum absolute atomic E-state index is 0.0135. The van der Waals surface area contributed by atoms with Gasteiger partial charge in [-0.25, -0.2) is 0 Å². The van der Waals surface area contributed by atoms with Crippen LogP contribution in [0.2, 0.25) is 0 Å². The minimum Gasteiger partial charge on any atom is -0.375 e. The summed E-state index contributed by atoms with van der Waals surface area (Å²) >= 11 is 0. The van der Waals surface area contributed by atoms with Crippen molar-refractivity contribution in [3.8, 4) is 11.1 Å². The molecule has 17 rings (SSSR count). The van der Waals surface area contributed by atoms with Gasteiger partial charge in [-0.2, -0.15) is 0 Å². The summed E-state index contributed by atoms with van der Waals surface area (Å²) in [4.78, 5) is 2.70. The second kappa shape index (κ2) is 12.5. The molecule has 0 spiro atoms. The fourth-order valence-electron chi connectivity index (χ4n) is 14.0. The Morgan fingerprint density at radius 2 is 0.873 bits per heavy atom. The molecule has 15 aromatic rings. The van der Waals surface area contributed by atoms with Crippen molar-refractivity contribution in [1.29, 1.82) is 0 Å². The Labute approximate surface area is 410 Å². The predicted octanol–water partition coefficient (Wildman–Crippen LogP) is 16.3. The smallest absolute Gasteiger partial charge is 0.333 e. The standard InChI is InChI=1S/C66H47BN4/c1-65(2,3)37-27-28-55-45(30-37)46-31-38(66(4,5)6)32-50-58-40-18-8-7-17-36(40)29-56-60(58)67(71(55)63(46)50)61-57(35-49-43-21-11-15-25-53(43)70-54-26-16-12-22-44(54)59(61)64(49)70)68(56)39-33-47-41-19-9-13-23-51(41)69-52-24-14-10-20-42(52)48(34-39)62(47)69/h7-35H,1-6H3. The summed E-state index contributed by atoms with van der Waals surface area (Å²) in [6, 6.07) is 68.1. The molecule has 0 atom stereocenters. The van der Waals surface area contributed by atoms with E-state index in [2.05, 4.69) is 236 Å². The number of anilines is 3. The molecule has 0 saturated heterocycles. The Kier molecular flexibility index (Phi) is 6.81. The molecule has 0 amide bonds. The number of fused-ring (bicyclic) bond motifs is 22. The maximum absolute atomic E-state index is 2.79. The molecule has 2 aliphatic rings. The van der Waals surface area contributed by atoms with Crippen LogP contribution in [-0.4, -0.2) is 20.1 Å². The summed E-state index contributed by atoms with van der Waals surface area (Å²) in [6.07, 6.45) is 0. The maximum Gasteiger partial charge on any atom is 0.333 e. The van der Waals surface area contributed by atoms with E-state index in [1.807, 2.05) is 0 Å². The molecule has 0 unspecified atom stereocenters. The van der Waals surface area contributed by atoms with Crippen LogP contribution in [0.5, 0.6) is 0 Å². The first-order chi connectivity index (χ1) is 34.5. The zero-order chi connectivity index (χ0) is 47.1. The van der Waals surface area contributed by atoms with Gasteiger partial charge in [0.1, 0.15) is 0 Å². The van der Waals surface area contributed by atoms with Crippen LogP contribution in [0.1, 0.15) is 52.7 Å². The Balaban J connectivity index is 1.13. The average molecular weight is 907 g/mol. The fraction of sp³-hybridized carbons (Fsp3) is 0.121. The highest BCUT2D eigenvalue weighted by atomic mass is 15.2. The lowest BCUT2D eigenvalue weighted by Gasteiger charge is -2.41. The van der Waals surface area contributed by atoms with Crippen LogP contribution in [0.4, 0.5) is 17.1 Å². The van der Waals surface area contributed by atoms with Crippen LogP contribution < -0.4 is 15.8 Å². The van der Waals surface area contributed by atoms with Crippen molar-refractivity contribution >= 4 is 144 Å². The van der Waals surface area contributed by atoms with E-state index in [-0.39, 0.29) is 17.7 Å². The van der Waals surface area contributed by atoms with E-state index in [1.165, 1.54) is 159 Å². The minimum atomic E-state index is -0.136. The van der Waals surface area contributed by atoms with E-state index in [4.69, 9.17) is 0 Å².